The van der Waals surface area contributed by atoms with Gasteiger partial charge in [0, 0.05) is 0 Å². The van der Waals surface area contributed by atoms with E-state index >= 15 is 0 Å². The van der Waals surface area contributed by atoms with E-state index in [1.165, 1.54) is 12.1 Å². The van der Waals surface area contributed by atoms with Crippen LogP contribution in [0.4, 0.5) is 9.59 Å². The summed E-state index contributed by atoms with van der Waals surface area (Å²) < 4.78 is 10.4. The van der Waals surface area contributed by atoms with Crippen LogP contribution in [0.2, 0.25) is 0 Å². The molecule has 0 bridgehead atoms. The molecule has 0 saturated heterocycles. The maximum Gasteiger partial charge on any atom is 0.417 e. The van der Waals surface area contributed by atoms with E-state index in [1.807, 2.05) is 0 Å². The van der Waals surface area contributed by atoms with E-state index in [-0.39, 0.29) is 12.3 Å². The minimum absolute atomic E-state index is 0.0240. The monoisotopic (exact) mass is 365 g/mol. The van der Waals surface area contributed by atoms with E-state index in [9.17, 15) is 14.7 Å². The van der Waals surface area contributed by atoms with Crippen molar-refractivity contribution in [2.24, 2.45) is 0 Å². The summed E-state index contributed by atoms with van der Waals surface area (Å²) in [4.78, 5) is 25.3. The fraction of sp³-hybridized carbons (Fsp3) is 0.500. The van der Waals surface area contributed by atoms with Crippen LogP contribution in [0.1, 0.15) is 47.1 Å². The summed E-state index contributed by atoms with van der Waals surface area (Å²) in [6.45, 7) is 10.2. The second kappa shape index (κ2) is 8.07. The van der Waals surface area contributed by atoms with E-state index in [0.717, 1.165) is 4.90 Å². The van der Waals surface area contributed by atoms with E-state index in [2.05, 4.69) is 5.32 Å². The fourth-order valence-electron chi connectivity index (χ4n) is 1.80. The zero-order chi connectivity index (χ0) is 20.1. The summed E-state index contributed by atoms with van der Waals surface area (Å²) >= 11 is 0. The standard InChI is InChI=1S/C18H27N3O5/c1-17(2,3)25-15(23)20-14(19)21(16(24)26-18(4,5)6)11-12-7-9-13(22)10-8-12/h7-10,22H,11H2,1-6H3,(H2,19,20,23). The van der Waals surface area contributed by atoms with Crippen molar-refractivity contribution in [2.45, 2.75) is 59.3 Å². The molecule has 0 unspecified atom stereocenters. The normalized spacial score (nSPS) is 11.5. The van der Waals surface area contributed by atoms with Gasteiger partial charge in [-0.25, -0.2) is 14.5 Å². The maximum absolute atomic E-state index is 12.5. The molecule has 0 aliphatic rings. The number of rotatable bonds is 2. The Balaban J connectivity index is 2.95. The Bertz CT molecular complexity index is 657. The first-order chi connectivity index (χ1) is 11.8. The molecular weight excluding hydrogens is 338 g/mol. The molecule has 0 spiro atoms. The number of carbonyl (C=O) groups excluding carboxylic acids is 2. The van der Waals surface area contributed by atoms with Gasteiger partial charge in [-0.1, -0.05) is 12.1 Å². The Morgan fingerprint density at radius 2 is 1.54 bits per heavy atom. The number of benzene rings is 1. The predicted octanol–water partition coefficient (Wildman–Crippen LogP) is 3.59. The zero-order valence-electron chi connectivity index (χ0n) is 16.0. The molecule has 1 aromatic rings. The van der Waals surface area contributed by atoms with Crippen molar-refractivity contribution in [1.82, 2.24) is 10.2 Å². The van der Waals surface area contributed by atoms with Crippen molar-refractivity contribution >= 4 is 18.1 Å². The van der Waals surface area contributed by atoms with Crippen LogP contribution in [0.5, 0.6) is 5.75 Å². The number of phenols is 1. The van der Waals surface area contributed by atoms with Crippen LogP contribution >= 0.6 is 0 Å². The Hall–Kier alpha value is -2.77. The van der Waals surface area contributed by atoms with Crippen molar-refractivity contribution < 1.29 is 24.2 Å². The van der Waals surface area contributed by atoms with Gasteiger partial charge in [-0.3, -0.25) is 10.7 Å². The summed E-state index contributed by atoms with van der Waals surface area (Å²) in [6.07, 6.45) is -1.63. The number of ether oxygens (including phenoxy) is 2. The minimum Gasteiger partial charge on any atom is -0.508 e. The van der Waals surface area contributed by atoms with E-state index in [4.69, 9.17) is 14.9 Å². The van der Waals surface area contributed by atoms with Crippen LogP contribution in [-0.4, -0.2) is 39.4 Å². The molecule has 0 atom stereocenters. The topological polar surface area (TPSA) is 112 Å². The van der Waals surface area contributed by atoms with Gasteiger partial charge in [0.25, 0.3) is 0 Å². The third kappa shape index (κ3) is 7.87. The van der Waals surface area contributed by atoms with Gasteiger partial charge in [-0.2, -0.15) is 0 Å². The van der Waals surface area contributed by atoms with Gasteiger partial charge in [-0.05, 0) is 59.2 Å². The molecular formula is C18H27N3O5. The lowest BCUT2D eigenvalue weighted by Gasteiger charge is -2.28. The molecule has 3 N–H and O–H groups in total. The molecule has 0 saturated carbocycles. The number of alkyl carbamates (subject to hydrolysis) is 1. The number of amides is 2. The average Bonchev–Trinajstić information content (AvgIpc) is 2.42. The molecule has 2 amide bonds. The lowest BCUT2D eigenvalue weighted by molar-refractivity contribution is 0.0346. The molecule has 0 fully saturated rings. The van der Waals surface area contributed by atoms with Crippen molar-refractivity contribution in [3.8, 4) is 5.75 Å². The highest BCUT2D eigenvalue weighted by molar-refractivity contribution is 5.99. The summed E-state index contributed by atoms with van der Waals surface area (Å²) in [5.74, 6) is -0.388. The van der Waals surface area contributed by atoms with Crippen LogP contribution < -0.4 is 5.32 Å². The van der Waals surface area contributed by atoms with E-state index < -0.39 is 29.3 Å². The average molecular weight is 365 g/mol. The van der Waals surface area contributed by atoms with Gasteiger partial charge in [0.1, 0.15) is 17.0 Å². The number of aromatic hydroxyl groups is 1. The molecule has 1 aromatic carbocycles. The summed E-state index contributed by atoms with van der Waals surface area (Å²) in [6, 6.07) is 6.14. The molecule has 0 aromatic heterocycles. The third-order valence-corrected chi connectivity index (χ3v) is 2.78. The quantitative estimate of drug-likeness (QED) is 0.548. The smallest absolute Gasteiger partial charge is 0.417 e. The van der Waals surface area contributed by atoms with Gasteiger partial charge < -0.3 is 14.6 Å². The van der Waals surface area contributed by atoms with Crippen LogP contribution in [0.3, 0.4) is 0 Å². The molecule has 144 valence electrons. The molecule has 8 heteroatoms. The number of guanidine groups is 1. The Morgan fingerprint density at radius 3 is 2.00 bits per heavy atom. The SMILES string of the molecule is CC(C)(C)OC(=O)NC(=N)N(Cc1ccc(O)cc1)C(=O)OC(C)(C)C. The second-order valence-electron chi connectivity index (χ2n) is 7.71. The van der Waals surface area contributed by atoms with Gasteiger partial charge in [0.15, 0.2) is 0 Å². The molecule has 0 heterocycles. The highest BCUT2D eigenvalue weighted by Gasteiger charge is 2.27. The van der Waals surface area contributed by atoms with Crippen LogP contribution in [0, 0.1) is 5.41 Å². The number of hydrogen-bond donors (Lipinski definition) is 3. The summed E-state index contributed by atoms with van der Waals surface area (Å²) in [5.41, 5.74) is -0.862. The van der Waals surface area contributed by atoms with Crippen LogP contribution in [-0.2, 0) is 16.0 Å². The lowest BCUT2D eigenvalue weighted by Crippen LogP contribution is -2.49. The Labute approximate surface area is 153 Å². The lowest BCUT2D eigenvalue weighted by atomic mass is 10.2. The summed E-state index contributed by atoms with van der Waals surface area (Å²) in [5, 5.41) is 19.7. The van der Waals surface area contributed by atoms with E-state index in [1.54, 1.807) is 53.7 Å². The number of nitrogens with zero attached hydrogens (tertiary/aromatic N) is 1. The van der Waals surface area contributed by atoms with Gasteiger partial charge >= 0.3 is 12.2 Å². The van der Waals surface area contributed by atoms with Gasteiger partial charge in [-0.15, -0.1) is 0 Å². The second-order valence-corrected chi connectivity index (χ2v) is 7.71. The molecule has 0 aliphatic heterocycles. The van der Waals surface area contributed by atoms with Crippen LogP contribution in [0.15, 0.2) is 24.3 Å². The van der Waals surface area contributed by atoms with Crippen molar-refractivity contribution in [3.05, 3.63) is 29.8 Å². The fourth-order valence-corrected chi connectivity index (χ4v) is 1.80. The number of hydrogen-bond acceptors (Lipinski definition) is 6. The maximum atomic E-state index is 12.5. The number of nitrogens with one attached hydrogen (secondary N) is 2. The Morgan fingerprint density at radius 1 is 1.04 bits per heavy atom. The van der Waals surface area contributed by atoms with Crippen molar-refractivity contribution in [3.63, 3.8) is 0 Å². The highest BCUT2D eigenvalue weighted by Crippen LogP contribution is 2.15. The molecule has 8 nitrogen and oxygen atoms in total. The first-order valence-electron chi connectivity index (χ1n) is 8.14. The zero-order valence-corrected chi connectivity index (χ0v) is 16.0. The Kier molecular flexibility index (Phi) is 6.60. The van der Waals surface area contributed by atoms with Crippen LogP contribution in [0.25, 0.3) is 0 Å². The number of phenolic OH excluding ortho intramolecular Hbond substituents is 1. The summed E-state index contributed by atoms with van der Waals surface area (Å²) in [7, 11) is 0. The molecule has 26 heavy (non-hydrogen) atoms. The first kappa shape index (κ1) is 21.3. The highest BCUT2D eigenvalue weighted by atomic mass is 16.6. The largest absolute Gasteiger partial charge is 0.508 e. The first-order valence-corrected chi connectivity index (χ1v) is 8.14. The van der Waals surface area contributed by atoms with E-state index in [0.29, 0.717) is 5.56 Å². The molecule has 1 rings (SSSR count). The van der Waals surface area contributed by atoms with Gasteiger partial charge in [0.05, 0.1) is 6.54 Å². The van der Waals surface area contributed by atoms with Crippen molar-refractivity contribution in [1.29, 1.82) is 5.41 Å². The number of carbonyl (C=O) groups is 2. The van der Waals surface area contributed by atoms with Crippen molar-refractivity contribution in [2.75, 3.05) is 0 Å². The third-order valence-electron chi connectivity index (χ3n) is 2.78. The molecule has 0 aliphatic carbocycles. The van der Waals surface area contributed by atoms with Gasteiger partial charge in [0.2, 0.25) is 5.96 Å². The predicted molar refractivity (Wildman–Crippen MR) is 97.0 cm³/mol. The minimum atomic E-state index is -0.846. The molecule has 0 radical (unpaired) electrons.